The van der Waals surface area contributed by atoms with Crippen LogP contribution >= 0.6 is 11.8 Å². The minimum absolute atomic E-state index is 0.106. The molecule has 0 aliphatic rings. The van der Waals surface area contributed by atoms with Crippen molar-refractivity contribution >= 4 is 46.8 Å². The van der Waals surface area contributed by atoms with Crippen molar-refractivity contribution in [3.63, 3.8) is 0 Å². The molecule has 2 amide bonds. The number of benzene rings is 2. The Kier molecular flexibility index (Phi) is 10.1. The maximum Gasteiger partial charge on any atom is 0.260 e. The molecule has 0 spiro atoms. The Labute approximate surface area is 202 Å². The summed E-state index contributed by atoms with van der Waals surface area (Å²) in [5.41, 5.74) is 5.54. The van der Waals surface area contributed by atoms with Gasteiger partial charge in [0.25, 0.3) is 5.91 Å². The number of likely N-dealkylation sites (N-methyl/N-ethyl adjacent to an activating group) is 1. The molecule has 0 saturated heterocycles. The third-order valence-corrected chi connectivity index (χ3v) is 5.51. The monoisotopic (exact) mass is 484 g/mol. The number of hydrogen-bond acceptors (Lipinski definition) is 8. The number of phenols is 1. The fourth-order valence-electron chi connectivity index (χ4n) is 2.96. The predicted octanol–water partition coefficient (Wildman–Crippen LogP) is 1.93. The normalized spacial score (nSPS) is 11.6. The van der Waals surface area contributed by atoms with Crippen molar-refractivity contribution < 1.29 is 19.5 Å². The number of phenolic OH excluding ortho intramolecular Hbond substituents is 1. The number of nitrogens with two attached hydrogens (primary N) is 2. The number of amides is 2. The minimum atomic E-state index is -0.348. The number of aryl methyl sites for hydroxylation is 1. The molecule has 0 aliphatic heterocycles. The lowest BCUT2D eigenvalue weighted by atomic mass is 10.1. The van der Waals surface area contributed by atoms with Crippen molar-refractivity contribution in [3.8, 4) is 5.75 Å². The number of rotatable bonds is 10. The van der Waals surface area contributed by atoms with E-state index < -0.39 is 0 Å². The summed E-state index contributed by atoms with van der Waals surface area (Å²) >= 11 is 0.765. The molecule has 0 bridgehead atoms. The smallest absolute Gasteiger partial charge is 0.260 e. The third kappa shape index (κ3) is 7.64. The highest BCUT2D eigenvalue weighted by Gasteiger charge is 2.16. The maximum absolute atomic E-state index is 12.8. The molecular formula is C23H28N6O4S. The molecule has 0 fully saturated rings. The molecule has 0 aromatic heterocycles. The van der Waals surface area contributed by atoms with Crippen molar-refractivity contribution in [2.24, 2.45) is 16.8 Å². The first kappa shape index (κ1) is 26.4. The molecule has 2 aromatic rings. The topological polar surface area (TPSA) is 163 Å². The van der Waals surface area contributed by atoms with Crippen LogP contribution in [0.3, 0.4) is 0 Å². The number of carbonyl (C=O) groups excluding carboxylic acids is 3. The lowest BCUT2D eigenvalue weighted by Crippen LogP contribution is -2.32. The molecule has 0 heterocycles. The summed E-state index contributed by atoms with van der Waals surface area (Å²) in [6, 6.07) is 11.8. The van der Waals surface area contributed by atoms with Crippen LogP contribution in [0, 0.1) is 6.92 Å². The molecule has 0 radical (unpaired) electrons. The zero-order chi connectivity index (χ0) is 25.1. The Morgan fingerprint density at radius 3 is 2.50 bits per heavy atom. The van der Waals surface area contributed by atoms with Gasteiger partial charge < -0.3 is 26.6 Å². The van der Waals surface area contributed by atoms with Crippen molar-refractivity contribution in [2.45, 2.75) is 19.8 Å². The van der Waals surface area contributed by atoms with Gasteiger partial charge in [-0.05, 0) is 72.6 Å². The largest absolute Gasteiger partial charge is 0.508 e. The summed E-state index contributed by atoms with van der Waals surface area (Å²) in [4.78, 5) is 37.8. The highest BCUT2D eigenvalue weighted by atomic mass is 32.2. The number of carbonyl (C=O) groups is 3. The molecule has 0 unspecified atom stereocenters. The highest BCUT2D eigenvalue weighted by molar-refractivity contribution is 8.16. The van der Waals surface area contributed by atoms with Gasteiger partial charge in [-0.2, -0.15) is 5.10 Å². The lowest BCUT2D eigenvalue weighted by molar-refractivity contribution is -0.125. The van der Waals surface area contributed by atoms with E-state index >= 15 is 0 Å². The molecule has 0 saturated carbocycles. The van der Waals surface area contributed by atoms with E-state index in [4.69, 9.17) is 11.7 Å². The fourth-order valence-corrected chi connectivity index (χ4v) is 3.53. The molecule has 2 rings (SSSR count). The van der Waals surface area contributed by atoms with Crippen LogP contribution in [0.2, 0.25) is 0 Å². The second kappa shape index (κ2) is 13.0. The molecule has 180 valence electrons. The summed E-state index contributed by atoms with van der Waals surface area (Å²) in [5, 5.41) is 16.2. The van der Waals surface area contributed by atoms with Crippen molar-refractivity contribution in [1.29, 1.82) is 0 Å². The van der Waals surface area contributed by atoms with Gasteiger partial charge in [0.05, 0.1) is 4.91 Å². The lowest BCUT2D eigenvalue weighted by Gasteiger charge is -2.18. The average Bonchev–Trinajstić information content (AvgIpc) is 2.82. The van der Waals surface area contributed by atoms with Gasteiger partial charge in [-0.3, -0.25) is 14.4 Å². The van der Waals surface area contributed by atoms with Crippen molar-refractivity contribution in [3.05, 3.63) is 64.1 Å². The second-order valence-electron chi connectivity index (χ2n) is 7.35. The van der Waals surface area contributed by atoms with Crippen LogP contribution < -0.4 is 22.4 Å². The number of hydrogen-bond donors (Lipinski definition) is 5. The second-order valence-corrected chi connectivity index (χ2v) is 8.21. The van der Waals surface area contributed by atoms with Gasteiger partial charge in [-0.15, -0.1) is 0 Å². The predicted molar refractivity (Wildman–Crippen MR) is 135 cm³/mol. The summed E-state index contributed by atoms with van der Waals surface area (Å²) in [6.45, 7) is 2.08. The Balaban J connectivity index is 1.90. The number of nitrogens with zero attached hydrogens (tertiary/aromatic N) is 2. The van der Waals surface area contributed by atoms with Gasteiger partial charge in [0.1, 0.15) is 5.75 Å². The van der Waals surface area contributed by atoms with Gasteiger partial charge in [0.15, 0.2) is 11.5 Å². The number of hydrazone groups is 1. The Hall–Kier alpha value is -3.83. The van der Waals surface area contributed by atoms with Gasteiger partial charge in [-0.25, -0.2) is 5.84 Å². The van der Waals surface area contributed by atoms with Crippen LogP contribution in [0.1, 0.15) is 29.5 Å². The Bertz CT molecular complexity index is 1090. The SMILES string of the molecule is Cc1ccc(/C=C(\SC=O)C(=O)N(C)CCCC(=O)Nc2ccc(/C(=N/N)NN)cc2)cc1O. The molecular weight excluding hydrogens is 456 g/mol. The quantitative estimate of drug-likeness (QED) is 0.0853. The molecule has 11 heteroatoms. The van der Waals surface area contributed by atoms with E-state index in [2.05, 4.69) is 15.8 Å². The summed E-state index contributed by atoms with van der Waals surface area (Å²) in [7, 11) is 1.60. The van der Waals surface area contributed by atoms with Crippen molar-refractivity contribution in [2.75, 3.05) is 18.9 Å². The standard InChI is InChI=1S/C23H28N6O4S/c1-15-5-6-16(12-19(15)31)13-20(34-14-30)23(33)29(2)11-3-4-21(32)26-18-9-7-17(8-10-18)22(27-24)28-25/h5-10,12-14,31H,3-4,11,24-25H2,1-2H3,(H,26,32)(H,27,28)/b20-13-. The first-order chi connectivity index (χ1) is 16.3. The van der Waals surface area contributed by atoms with Gasteiger partial charge in [0.2, 0.25) is 5.91 Å². The summed E-state index contributed by atoms with van der Waals surface area (Å²) in [5.74, 6) is 10.4. The van der Waals surface area contributed by atoms with Gasteiger partial charge in [-0.1, -0.05) is 12.1 Å². The summed E-state index contributed by atoms with van der Waals surface area (Å²) in [6.07, 6.45) is 2.18. The van der Waals surface area contributed by atoms with E-state index in [-0.39, 0.29) is 28.9 Å². The first-order valence-electron chi connectivity index (χ1n) is 10.3. The minimum Gasteiger partial charge on any atom is -0.508 e. The van der Waals surface area contributed by atoms with Gasteiger partial charge in [0, 0.05) is 31.3 Å². The average molecular weight is 485 g/mol. The van der Waals surface area contributed by atoms with Crippen LogP contribution in [0.5, 0.6) is 5.75 Å². The Morgan fingerprint density at radius 2 is 1.91 bits per heavy atom. The molecule has 0 atom stereocenters. The number of hydrazine groups is 1. The Morgan fingerprint density at radius 1 is 1.21 bits per heavy atom. The number of aromatic hydroxyl groups is 1. The van der Waals surface area contributed by atoms with Crippen LogP contribution in [-0.4, -0.2) is 46.9 Å². The van der Waals surface area contributed by atoms with E-state index in [1.54, 1.807) is 56.4 Å². The fraction of sp³-hybridized carbons (Fsp3) is 0.217. The number of thioether (sulfide) groups is 1. The van der Waals surface area contributed by atoms with E-state index in [9.17, 15) is 19.5 Å². The van der Waals surface area contributed by atoms with Crippen molar-refractivity contribution in [1.82, 2.24) is 10.3 Å². The maximum atomic E-state index is 12.8. The van der Waals surface area contributed by atoms with E-state index in [0.29, 0.717) is 46.8 Å². The van der Waals surface area contributed by atoms with E-state index in [1.165, 1.54) is 11.0 Å². The zero-order valence-corrected chi connectivity index (χ0v) is 19.8. The van der Waals surface area contributed by atoms with E-state index in [0.717, 1.165) is 11.8 Å². The molecule has 0 aliphatic carbocycles. The molecule has 34 heavy (non-hydrogen) atoms. The highest BCUT2D eigenvalue weighted by Crippen LogP contribution is 2.23. The molecule has 7 N–H and O–H groups in total. The van der Waals surface area contributed by atoms with Crippen LogP contribution in [0.25, 0.3) is 6.08 Å². The molecule has 10 nitrogen and oxygen atoms in total. The zero-order valence-electron chi connectivity index (χ0n) is 18.9. The first-order valence-corrected chi connectivity index (χ1v) is 11.2. The van der Waals surface area contributed by atoms with Crippen LogP contribution in [-0.2, 0) is 14.4 Å². The van der Waals surface area contributed by atoms with Crippen LogP contribution in [0.15, 0.2) is 52.5 Å². The van der Waals surface area contributed by atoms with Crippen LogP contribution in [0.4, 0.5) is 5.69 Å². The number of amidine groups is 1. The van der Waals surface area contributed by atoms with E-state index in [1.807, 2.05) is 0 Å². The number of anilines is 1. The molecule has 2 aromatic carbocycles. The van der Waals surface area contributed by atoms with Gasteiger partial charge >= 0.3 is 0 Å². The summed E-state index contributed by atoms with van der Waals surface area (Å²) < 4.78 is 0. The third-order valence-electron chi connectivity index (χ3n) is 4.87. The number of nitrogens with one attached hydrogen (secondary N) is 2.